The Kier molecular flexibility index (Phi) is 4.35. The van der Waals surface area contributed by atoms with Gasteiger partial charge in [-0.05, 0) is 36.2 Å². The number of para-hydroxylation sites is 1. The molecule has 1 aliphatic heterocycles. The number of nitrogens with one attached hydrogen (secondary N) is 1. The predicted molar refractivity (Wildman–Crippen MR) is 101 cm³/mol. The number of rotatable bonds is 4. The highest BCUT2D eigenvalue weighted by molar-refractivity contribution is 6.05. The van der Waals surface area contributed by atoms with Crippen LogP contribution in [0.2, 0.25) is 0 Å². The van der Waals surface area contributed by atoms with E-state index in [9.17, 15) is 9.59 Å². The highest BCUT2D eigenvalue weighted by atomic mass is 16.2. The Labute approximate surface area is 151 Å². The predicted octanol–water partition coefficient (Wildman–Crippen LogP) is 3.29. The van der Waals surface area contributed by atoms with Crippen LogP contribution in [0.25, 0.3) is 10.9 Å². The summed E-state index contributed by atoms with van der Waals surface area (Å²) < 4.78 is 0. The van der Waals surface area contributed by atoms with Crippen LogP contribution in [0.5, 0.6) is 0 Å². The smallest absolute Gasteiger partial charge is 0.252 e. The molecule has 2 amide bonds. The first-order chi connectivity index (χ1) is 12.7. The number of nitrogens with zero attached hydrogens (tertiary/aromatic N) is 2. The molecular formula is C21H19N3O2. The van der Waals surface area contributed by atoms with Crippen molar-refractivity contribution < 1.29 is 9.59 Å². The number of benzene rings is 2. The zero-order chi connectivity index (χ0) is 17.9. The molecule has 5 nitrogen and oxygen atoms in total. The second kappa shape index (κ2) is 6.96. The van der Waals surface area contributed by atoms with E-state index in [0.717, 1.165) is 35.1 Å². The molecule has 0 radical (unpaired) electrons. The lowest BCUT2D eigenvalue weighted by Gasteiger charge is -2.16. The molecule has 1 N–H and O–H groups in total. The fourth-order valence-corrected chi connectivity index (χ4v) is 3.29. The Bertz CT molecular complexity index is 961. The first-order valence-electron chi connectivity index (χ1n) is 8.73. The number of fused-ring (bicyclic) bond motifs is 1. The minimum Gasteiger partial charge on any atom is -0.348 e. The van der Waals surface area contributed by atoms with Gasteiger partial charge in [0.05, 0.1) is 11.1 Å². The van der Waals surface area contributed by atoms with Crippen LogP contribution in [0.3, 0.4) is 0 Å². The van der Waals surface area contributed by atoms with Crippen molar-refractivity contribution in [3.8, 4) is 0 Å². The van der Waals surface area contributed by atoms with Crippen LogP contribution in [-0.2, 0) is 11.3 Å². The van der Waals surface area contributed by atoms with E-state index in [1.807, 2.05) is 53.4 Å². The second-order valence-corrected chi connectivity index (χ2v) is 6.37. The molecule has 130 valence electrons. The lowest BCUT2D eigenvalue weighted by atomic mass is 10.1. The zero-order valence-electron chi connectivity index (χ0n) is 14.3. The van der Waals surface area contributed by atoms with Crippen LogP contribution >= 0.6 is 0 Å². The van der Waals surface area contributed by atoms with Crippen molar-refractivity contribution in [2.45, 2.75) is 19.4 Å². The maximum atomic E-state index is 12.6. The highest BCUT2D eigenvalue weighted by Crippen LogP contribution is 2.21. The van der Waals surface area contributed by atoms with Gasteiger partial charge < -0.3 is 10.2 Å². The maximum absolute atomic E-state index is 12.6. The summed E-state index contributed by atoms with van der Waals surface area (Å²) in [7, 11) is 0. The molecule has 1 saturated heterocycles. The molecule has 5 heteroatoms. The first-order valence-corrected chi connectivity index (χ1v) is 8.73. The van der Waals surface area contributed by atoms with Gasteiger partial charge in [-0.15, -0.1) is 0 Å². The molecule has 26 heavy (non-hydrogen) atoms. The van der Waals surface area contributed by atoms with Gasteiger partial charge in [-0.1, -0.05) is 30.3 Å². The number of carbonyl (C=O) groups excluding carboxylic acids is 2. The van der Waals surface area contributed by atoms with Crippen molar-refractivity contribution in [3.05, 3.63) is 71.9 Å². The van der Waals surface area contributed by atoms with Gasteiger partial charge in [0.25, 0.3) is 5.91 Å². The van der Waals surface area contributed by atoms with Crippen molar-refractivity contribution in [1.29, 1.82) is 0 Å². The summed E-state index contributed by atoms with van der Waals surface area (Å²) in [6.45, 7) is 1.22. The summed E-state index contributed by atoms with van der Waals surface area (Å²) in [5.74, 6) is 0.0537. The topological polar surface area (TPSA) is 62.3 Å². The molecule has 2 heterocycles. The first kappa shape index (κ1) is 16.3. The maximum Gasteiger partial charge on any atom is 0.252 e. The van der Waals surface area contributed by atoms with E-state index in [1.165, 1.54) is 0 Å². The standard InChI is InChI=1S/C21H19N3O2/c25-20-6-3-13-24(20)16-9-7-15(8-10-16)14-23-21(26)18-11-12-22-19-5-2-1-4-17(18)19/h1-2,4-5,7-12H,3,6,13-14H2,(H,23,26). The average Bonchev–Trinajstić information content (AvgIpc) is 3.12. The van der Waals surface area contributed by atoms with Crippen LogP contribution in [-0.4, -0.2) is 23.3 Å². The minimum atomic E-state index is -0.123. The van der Waals surface area contributed by atoms with Gasteiger partial charge in [0.1, 0.15) is 0 Å². The Morgan fingerprint density at radius 1 is 1.08 bits per heavy atom. The van der Waals surface area contributed by atoms with E-state index in [-0.39, 0.29) is 11.8 Å². The Hall–Kier alpha value is -3.21. The van der Waals surface area contributed by atoms with Crippen molar-refractivity contribution in [1.82, 2.24) is 10.3 Å². The van der Waals surface area contributed by atoms with Crippen LogP contribution in [0, 0.1) is 0 Å². The summed E-state index contributed by atoms with van der Waals surface area (Å²) in [6.07, 6.45) is 3.19. The zero-order valence-corrected chi connectivity index (χ0v) is 14.3. The largest absolute Gasteiger partial charge is 0.348 e. The molecule has 1 aromatic heterocycles. The third-order valence-electron chi connectivity index (χ3n) is 4.67. The van der Waals surface area contributed by atoms with E-state index in [2.05, 4.69) is 10.3 Å². The van der Waals surface area contributed by atoms with Gasteiger partial charge in [-0.3, -0.25) is 14.6 Å². The normalized spacial score (nSPS) is 14.0. The van der Waals surface area contributed by atoms with Crippen LogP contribution < -0.4 is 10.2 Å². The number of pyridine rings is 1. The van der Waals surface area contributed by atoms with Gasteiger partial charge in [0, 0.05) is 36.8 Å². The average molecular weight is 345 g/mol. The Morgan fingerprint density at radius 3 is 2.65 bits per heavy atom. The van der Waals surface area contributed by atoms with Gasteiger partial charge in [0.15, 0.2) is 0 Å². The van der Waals surface area contributed by atoms with E-state index in [0.29, 0.717) is 18.5 Å². The molecule has 0 unspecified atom stereocenters. The van der Waals surface area contributed by atoms with Crippen LogP contribution in [0.1, 0.15) is 28.8 Å². The third-order valence-corrected chi connectivity index (χ3v) is 4.67. The summed E-state index contributed by atoms with van der Waals surface area (Å²) >= 11 is 0. The fraction of sp³-hybridized carbons (Fsp3) is 0.190. The number of aromatic nitrogens is 1. The van der Waals surface area contributed by atoms with Crippen LogP contribution in [0.4, 0.5) is 5.69 Å². The number of anilines is 1. The monoisotopic (exact) mass is 345 g/mol. The van der Waals surface area contributed by atoms with Gasteiger partial charge in [-0.2, -0.15) is 0 Å². The summed E-state index contributed by atoms with van der Waals surface area (Å²) in [5.41, 5.74) is 3.34. The molecular weight excluding hydrogens is 326 g/mol. The van der Waals surface area contributed by atoms with E-state index in [1.54, 1.807) is 12.3 Å². The van der Waals surface area contributed by atoms with E-state index < -0.39 is 0 Å². The van der Waals surface area contributed by atoms with Crippen LogP contribution in [0.15, 0.2) is 60.8 Å². The third kappa shape index (κ3) is 3.16. The van der Waals surface area contributed by atoms with Crippen molar-refractivity contribution >= 4 is 28.4 Å². The van der Waals surface area contributed by atoms with Crippen molar-refractivity contribution in [2.75, 3.05) is 11.4 Å². The molecule has 1 aliphatic rings. The minimum absolute atomic E-state index is 0.123. The lowest BCUT2D eigenvalue weighted by molar-refractivity contribution is -0.117. The number of carbonyl (C=O) groups is 2. The van der Waals surface area contributed by atoms with E-state index >= 15 is 0 Å². The fourth-order valence-electron chi connectivity index (χ4n) is 3.29. The molecule has 0 saturated carbocycles. The molecule has 0 aliphatic carbocycles. The summed E-state index contributed by atoms with van der Waals surface area (Å²) in [4.78, 5) is 30.5. The highest BCUT2D eigenvalue weighted by Gasteiger charge is 2.21. The molecule has 2 aromatic carbocycles. The summed E-state index contributed by atoms with van der Waals surface area (Å²) in [6, 6.07) is 17.1. The number of hydrogen-bond donors (Lipinski definition) is 1. The van der Waals surface area contributed by atoms with Crippen molar-refractivity contribution in [2.24, 2.45) is 0 Å². The van der Waals surface area contributed by atoms with Gasteiger partial charge >= 0.3 is 0 Å². The molecule has 0 spiro atoms. The quantitative estimate of drug-likeness (QED) is 0.789. The van der Waals surface area contributed by atoms with Crippen molar-refractivity contribution in [3.63, 3.8) is 0 Å². The lowest BCUT2D eigenvalue weighted by Crippen LogP contribution is -2.24. The van der Waals surface area contributed by atoms with E-state index in [4.69, 9.17) is 0 Å². The number of amides is 2. The van der Waals surface area contributed by atoms with Gasteiger partial charge in [-0.25, -0.2) is 0 Å². The van der Waals surface area contributed by atoms with Gasteiger partial charge in [0.2, 0.25) is 5.91 Å². The molecule has 3 aromatic rings. The second-order valence-electron chi connectivity index (χ2n) is 6.37. The Balaban J connectivity index is 1.45. The SMILES string of the molecule is O=C(NCc1ccc(N2CCCC2=O)cc1)c1ccnc2ccccc12. The molecule has 0 atom stereocenters. The molecule has 4 rings (SSSR count). The molecule has 0 bridgehead atoms. The number of hydrogen-bond acceptors (Lipinski definition) is 3. The summed E-state index contributed by atoms with van der Waals surface area (Å²) in [5, 5.41) is 3.80. The Morgan fingerprint density at radius 2 is 1.88 bits per heavy atom. The molecule has 1 fully saturated rings.